The van der Waals surface area contributed by atoms with Crippen LogP contribution in [-0.2, 0) is 0 Å². The molecule has 0 bridgehead atoms. The average Bonchev–Trinajstić information content (AvgIpc) is 2.81. The summed E-state index contributed by atoms with van der Waals surface area (Å²) in [6.45, 7) is 1.82. The number of rotatable bonds is 3. The Hall–Kier alpha value is -1.07. The summed E-state index contributed by atoms with van der Waals surface area (Å²) >= 11 is 3.37. The van der Waals surface area contributed by atoms with Gasteiger partial charge in [0.2, 0.25) is 0 Å². The molecule has 5 heteroatoms. The van der Waals surface area contributed by atoms with E-state index in [1.807, 2.05) is 0 Å². The third-order valence-corrected chi connectivity index (χ3v) is 3.43. The highest BCUT2D eigenvalue weighted by molar-refractivity contribution is 9.10. The van der Waals surface area contributed by atoms with Crippen LogP contribution in [0.25, 0.3) is 0 Å². The van der Waals surface area contributed by atoms with Crippen LogP contribution in [0.3, 0.4) is 0 Å². The van der Waals surface area contributed by atoms with E-state index in [0.29, 0.717) is 5.56 Å². The molecule has 1 aromatic carbocycles. The minimum absolute atomic E-state index is 0.0398. The molecule has 0 spiro atoms. The molecule has 1 aromatic rings. The molecule has 0 aromatic heterocycles. The fourth-order valence-electron chi connectivity index (χ4n) is 1.85. The van der Waals surface area contributed by atoms with E-state index in [-0.39, 0.29) is 11.9 Å². The Kier molecular flexibility index (Phi) is 4.02. The molecule has 2 N–H and O–H groups in total. The first-order valence-corrected chi connectivity index (χ1v) is 6.35. The molecule has 1 unspecified atom stereocenters. The van der Waals surface area contributed by atoms with E-state index in [9.17, 15) is 4.79 Å². The fraction of sp³-hybridized carbons (Fsp3) is 0.417. The minimum Gasteiger partial charge on any atom is -0.496 e. The molecule has 1 fully saturated rings. The van der Waals surface area contributed by atoms with Crippen molar-refractivity contribution in [3.8, 4) is 5.75 Å². The quantitative estimate of drug-likeness (QED) is 0.890. The summed E-state index contributed by atoms with van der Waals surface area (Å²) in [4.78, 5) is 12.0. The van der Waals surface area contributed by atoms with E-state index in [2.05, 4.69) is 26.6 Å². The molecule has 1 heterocycles. The Balaban J connectivity index is 2.05. The van der Waals surface area contributed by atoms with Gasteiger partial charge in [-0.25, -0.2) is 0 Å². The number of nitrogens with one attached hydrogen (secondary N) is 2. The lowest BCUT2D eigenvalue weighted by atomic mass is 10.2. The molecule has 2 rings (SSSR count). The molecule has 1 atom stereocenters. The highest BCUT2D eigenvalue weighted by Crippen LogP contribution is 2.25. The third kappa shape index (κ3) is 2.98. The summed E-state index contributed by atoms with van der Waals surface area (Å²) in [6, 6.07) is 5.56. The molecule has 0 saturated carbocycles. The topological polar surface area (TPSA) is 50.4 Å². The normalized spacial score (nSPS) is 19.1. The predicted molar refractivity (Wildman–Crippen MR) is 69.4 cm³/mol. The molecular formula is C12H15BrN2O2. The summed E-state index contributed by atoms with van der Waals surface area (Å²) in [5, 5.41) is 6.21. The van der Waals surface area contributed by atoms with Gasteiger partial charge in [0, 0.05) is 18.2 Å². The molecule has 17 heavy (non-hydrogen) atoms. The SMILES string of the molecule is COc1ccc(C(=O)NC2CCNC2)cc1Br. The number of amides is 1. The summed E-state index contributed by atoms with van der Waals surface area (Å²) in [7, 11) is 1.60. The lowest BCUT2D eigenvalue weighted by Gasteiger charge is -2.12. The first-order chi connectivity index (χ1) is 8.20. The summed E-state index contributed by atoms with van der Waals surface area (Å²) in [6.07, 6.45) is 0.989. The summed E-state index contributed by atoms with van der Waals surface area (Å²) in [5.41, 5.74) is 0.643. The van der Waals surface area contributed by atoms with Gasteiger partial charge in [-0.2, -0.15) is 0 Å². The second-order valence-electron chi connectivity index (χ2n) is 4.01. The zero-order valence-corrected chi connectivity index (χ0v) is 11.2. The maximum Gasteiger partial charge on any atom is 0.251 e. The minimum atomic E-state index is -0.0398. The van der Waals surface area contributed by atoms with Gasteiger partial charge in [0.05, 0.1) is 11.6 Å². The van der Waals surface area contributed by atoms with Crippen molar-refractivity contribution >= 4 is 21.8 Å². The van der Waals surface area contributed by atoms with Crippen LogP contribution < -0.4 is 15.4 Å². The van der Waals surface area contributed by atoms with Crippen molar-refractivity contribution in [1.82, 2.24) is 10.6 Å². The largest absolute Gasteiger partial charge is 0.496 e. The van der Waals surface area contributed by atoms with E-state index in [1.165, 1.54) is 0 Å². The number of hydrogen-bond donors (Lipinski definition) is 2. The maximum atomic E-state index is 12.0. The number of methoxy groups -OCH3 is 1. The van der Waals surface area contributed by atoms with Gasteiger partial charge >= 0.3 is 0 Å². The van der Waals surface area contributed by atoms with E-state index >= 15 is 0 Å². The number of carbonyl (C=O) groups is 1. The highest BCUT2D eigenvalue weighted by Gasteiger charge is 2.17. The van der Waals surface area contributed by atoms with Crippen molar-refractivity contribution in [3.05, 3.63) is 28.2 Å². The number of halogens is 1. The van der Waals surface area contributed by atoms with E-state index < -0.39 is 0 Å². The monoisotopic (exact) mass is 298 g/mol. The van der Waals surface area contributed by atoms with Crippen molar-refractivity contribution < 1.29 is 9.53 Å². The molecule has 1 amide bonds. The second-order valence-corrected chi connectivity index (χ2v) is 4.87. The average molecular weight is 299 g/mol. The van der Waals surface area contributed by atoms with Crippen molar-refractivity contribution in [3.63, 3.8) is 0 Å². The summed E-state index contributed by atoms with van der Waals surface area (Å²) in [5.74, 6) is 0.686. The summed E-state index contributed by atoms with van der Waals surface area (Å²) < 4.78 is 5.91. The van der Waals surface area contributed by atoms with E-state index in [1.54, 1.807) is 25.3 Å². The standard InChI is InChI=1S/C12H15BrN2O2/c1-17-11-3-2-8(6-10(11)13)12(16)15-9-4-5-14-7-9/h2-3,6,9,14H,4-5,7H2,1H3,(H,15,16). The number of hydrogen-bond acceptors (Lipinski definition) is 3. The van der Waals surface area contributed by atoms with Gasteiger partial charge in [0.15, 0.2) is 0 Å². The second kappa shape index (κ2) is 5.51. The van der Waals surface area contributed by atoms with Crippen LogP contribution in [0.5, 0.6) is 5.75 Å². The molecular weight excluding hydrogens is 284 g/mol. The Morgan fingerprint density at radius 3 is 3.00 bits per heavy atom. The van der Waals surface area contributed by atoms with Crippen molar-refractivity contribution in [2.45, 2.75) is 12.5 Å². The van der Waals surface area contributed by atoms with Crippen molar-refractivity contribution in [2.75, 3.05) is 20.2 Å². The molecule has 4 nitrogen and oxygen atoms in total. The van der Waals surface area contributed by atoms with Crippen LogP contribution in [0.4, 0.5) is 0 Å². The molecule has 0 radical (unpaired) electrons. The number of ether oxygens (including phenoxy) is 1. The fourth-order valence-corrected chi connectivity index (χ4v) is 2.39. The van der Waals surface area contributed by atoms with Crippen LogP contribution >= 0.6 is 15.9 Å². The van der Waals surface area contributed by atoms with Gasteiger partial charge in [-0.15, -0.1) is 0 Å². The highest BCUT2D eigenvalue weighted by atomic mass is 79.9. The van der Waals surface area contributed by atoms with Crippen LogP contribution in [0, 0.1) is 0 Å². The van der Waals surface area contributed by atoms with Gasteiger partial charge in [-0.3, -0.25) is 4.79 Å². The van der Waals surface area contributed by atoms with Gasteiger partial charge < -0.3 is 15.4 Å². The zero-order valence-electron chi connectivity index (χ0n) is 9.63. The van der Waals surface area contributed by atoms with Crippen molar-refractivity contribution in [1.29, 1.82) is 0 Å². The molecule has 1 aliphatic rings. The number of benzene rings is 1. The Morgan fingerprint density at radius 1 is 1.59 bits per heavy atom. The van der Waals surface area contributed by atoms with Gasteiger partial charge in [-0.05, 0) is 47.1 Å². The molecule has 1 aliphatic heterocycles. The Labute approximate surface area is 109 Å². The first-order valence-electron chi connectivity index (χ1n) is 5.56. The lowest BCUT2D eigenvalue weighted by Crippen LogP contribution is -2.36. The third-order valence-electron chi connectivity index (χ3n) is 2.81. The van der Waals surface area contributed by atoms with Crippen molar-refractivity contribution in [2.24, 2.45) is 0 Å². The van der Waals surface area contributed by atoms with Crippen LogP contribution in [0.2, 0.25) is 0 Å². The van der Waals surface area contributed by atoms with Crippen LogP contribution in [0.15, 0.2) is 22.7 Å². The van der Waals surface area contributed by atoms with Crippen LogP contribution in [0.1, 0.15) is 16.8 Å². The molecule has 92 valence electrons. The molecule has 0 aliphatic carbocycles. The smallest absolute Gasteiger partial charge is 0.251 e. The lowest BCUT2D eigenvalue weighted by molar-refractivity contribution is 0.0940. The number of carbonyl (C=O) groups excluding carboxylic acids is 1. The first kappa shape index (κ1) is 12.4. The Bertz CT molecular complexity index is 417. The van der Waals surface area contributed by atoms with Gasteiger partial charge in [0.1, 0.15) is 5.75 Å². The predicted octanol–water partition coefficient (Wildman–Crippen LogP) is 1.55. The maximum absolute atomic E-state index is 12.0. The van der Waals surface area contributed by atoms with Gasteiger partial charge in [0.25, 0.3) is 5.91 Å². The van der Waals surface area contributed by atoms with Gasteiger partial charge in [-0.1, -0.05) is 0 Å². The molecule has 1 saturated heterocycles. The zero-order chi connectivity index (χ0) is 12.3. The Morgan fingerprint density at radius 2 is 2.41 bits per heavy atom. The van der Waals surface area contributed by atoms with E-state index in [4.69, 9.17) is 4.74 Å². The van der Waals surface area contributed by atoms with Crippen LogP contribution in [-0.4, -0.2) is 32.1 Å². The van der Waals surface area contributed by atoms with E-state index in [0.717, 1.165) is 29.7 Å².